The summed E-state index contributed by atoms with van der Waals surface area (Å²) in [5, 5.41) is 2.88. The highest BCUT2D eigenvalue weighted by atomic mass is 16.5. The van der Waals surface area contributed by atoms with Crippen molar-refractivity contribution in [3.8, 4) is 0 Å². The van der Waals surface area contributed by atoms with Crippen LogP contribution in [-0.4, -0.2) is 53.6 Å². The maximum Gasteiger partial charge on any atom is 0.274 e. The van der Waals surface area contributed by atoms with E-state index >= 15 is 0 Å². The lowest BCUT2D eigenvalue weighted by atomic mass is 10.1. The zero-order valence-electron chi connectivity index (χ0n) is 11.4. The first-order valence-corrected chi connectivity index (χ1v) is 6.65. The molecule has 1 atom stereocenters. The van der Waals surface area contributed by atoms with E-state index in [1.165, 1.54) is 6.20 Å². The number of amides is 1. The van der Waals surface area contributed by atoms with E-state index in [9.17, 15) is 4.79 Å². The van der Waals surface area contributed by atoms with E-state index in [1.807, 2.05) is 6.92 Å². The smallest absolute Gasteiger partial charge is 0.274 e. The van der Waals surface area contributed by atoms with E-state index in [0.29, 0.717) is 24.7 Å². The summed E-state index contributed by atoms with van der Waals surface area (Å²) in [5.74, 6) is 0.585. The van der Waals surface area contributed by atoms with E-state index in [-0.39, 0.29) is 12.0 Å². The van der Waals surface area contributed by atoms with Gasteiger partial charge in [0.25, 0.3) is 5.91 Å². The summed E-state index contributed by atoms with van der Waals surface area (Å²) in [6, 6.07) is 0. The van der Waals surface area contributed by atoms with E-state index < -0.39 is 0 Å². The second-order valence-corrected chi connectivity index (χ2v) is 4.51. The number of likely N-dealkylation sites (tertiary alicyclic amines) is 1. The van der Waals surface area contributed by atoms with Crippen LogP contribution in [0.15, 0.2) is 12.4 Å². The average Bonchev–Trinajstić information content (AvgIpc) is 2.47. The molecule has 104 valence electrons. The van der Waals surface area contributed by atoms with Crippen LogP contribution in [0.1, 0.15) is 30.3 Å². The molecule has 1 amide bonds. The largest absolute Gasteiger partial charge is 0.377 e. The Kier molecular flexibility index (Phi) is 4.68. The third-order valence-corrected chi connectivity index (χ3v) is 3.19. The van der Waals surface area contributed by atoms with Gasteiger partial charge in [-0.05, 0) is 19.8 Å². The van der Waals surface area contributed by atoms with Crippen LogP contribution < -0.4 is 5.32 Å². The van der Waals surface area contributed by atoms with Crippen molar-refractivity contribution >= 4 is 11.7 Å². The lowest BCUT2D eigenvalue weighted by molar-refractivity contribution is 0.00702. The number of nitrogens with one attached hydrogen (secondary N) is 1. The Morgan fingerprint density at radius 2 is 2.37 bits per heavy atom. The molecule has 2 rings (SSSR count). The molecule has 1 fully saturated rings. The molecule has 6 heteroatoms. The number of aromatic nitrogens is 2. The zero-order valence-corrected chi connectivity index (χ0v) is 11.4. The van der Waals surface area contributed by atoms with Gasteiger partial charge in [0, 0.05) is 26.7 Å². The van der Waals surface area contributed by atoms with Gasteiger partial charge in [-0.25, -0.2) is 9.97 Å². The van der Waals surface area contributed by atoms with E-state index in [1.54, 1.807) is 18.1 Å². The van der Waals surface area contributed by atoms with Gasteiger partial charge in [0.15, 0.2) is 0 Å². The Bertz CT molecular complexity index is 419. The highest BCUT2D eigenvalue weighted by molar-refractivity contribution is 5.92. The summed E-state index contributed by atoms with van der Waals surface area (Å²) in [5.41, 5.74) is 0.385. The third kappa shape index (κ3) is 3.41. The molecule has 1 aromatic heterocycles. The van der Waals surface area contributed by atoms with E-state index in [0.717, 1.165) is 19.4 Å². The molecule has 19 heavy (non-hydrogen) atoms. The summed E-state index contributed by atoms with van der Waals surface area (Å²) >= 11 is 0. The first-order chi connectivity index (χ1) is 9.24. The number of piperidine rings is 1. The highest BCUT2D eigenvalue weighted by Crippen LogP contribution is 2.15. The molecular formula is C13H20N4O2. The molecule has 1 saturated heterocycles. The molecule has 2 heterocycles. The predicted octanol–water partition coefficient (Wildman–Crippen LogP) is 1.16. The summed E-state index contributed by atoms with van der Waals surface area (Å²) in [7, 11) is 1.77. The van der Waals surface area contributed by atoms with Gasteiger partial charge in [0.05, 0.1) is 18.5 Å². The van der Waals surface area contributed by atoms with Gasteiger partial charge >= 0.3 is 0 Å². The van der Waals surface area contributed by atoms with Gasteiger partial charge in [0.2, 0.25) is 0 Å². The first kappa shape index (κ1) is 13.7. The summed E-state index contributed by atoms with van der Waals surface area (Å²) < 4.78 is 5.60. The minimum atomic E-state index is -0.0699. The Hall–Kier alpha value is -1.69. The van der Waals surface area contributed by atoms with Crippen LogP contribution in [0.25, 0.3) is 0 Å². The van der Waals surface area contributed by atoms with Gasteiger partial charge in [-0.3, -0.25) is 4.79 Å². The second-order valence-electron chi connectivity index (χ2n) is 4.51. The number of carbonyl (C=O) groups excluding carboxylic acids is 1. The second kappa shape index (κ2) is 6.47. The molecule has 1 unspecified atom stereocenters. The third-order valence-electron chi connectivity index (χ3n) is 3.19. The molecule has 0 aromatic carbocycles. The molecule has 0 bridgehead atoms. The van der Waals surface area contributed by atoms with Crippen molar-refractivity contribution in [1.82, 2.24) is 14.9 Å². The molecular weight excluding hydrogens is 244 g/mol. The molecule has 1 N–H and O–H groups in total. The lowest BCUT2D eigenvalue weighted by Crippen LogP contribution is -2.43. The predicted molar refractivity (Wildman–Crippen MR) is 72.1 cm³/mol. The van der Waals surface area contributed by atoms with Crippen molar-refractivity contribution in [3.05, 3.63) is 18.1 Å². The van der Waals surface area contributed by atoms with Gasteiger partial charge in [-0.2, -0.15) is 0 Å². The molecule has 1 aliphatic heterocycles. The number of rotatable bonds is 4. The van der Waals surface area contributed by atoms with Gasteiger partial charge in [-0.1, -0.05) is 0 Å². The topological polar surface area (TPSA) is 67.3 Å². The Morgan fingerprint density at radius 3 is 3.00 bits per heavy atom. The summed E-state index contributed by atoms with van der Waals surface area (Å²) in [6.45, 7) is 4.06. The van der Waals surface area contributed by atoms with Crippen LogP contribution in [0, 0.1) is 0 Å². The fourth-order valence-electron chi connectivity index (χ4n) is 2.22. The van der Waals surface area contributed by atoms with E-state index in [4.69, 9.17) is 4.74 Å². The monoisotopic (exact) mass is 264 g/mol. The fourth-order valence-corrected chi connectivity index (χ4v) is 2.22. The zero-order chi connectivity index (χ0) is 13.7. The minimum Gasteiger partial charge on any atom is -0.377 e. The molecule has 1 aromatic rings. The Morgan fingerprint density at radius 1 is 1.53 bits per heavy atom. The van der Waals surface area contributed by atoms with Gasteiger partial charge in [-0.15, -0.1) is 0 Å². The maximum atomic E-state index is 12.3. The van der Waals surface area contributed by atoms with E-state index in [2.05, 4.69) is 15.3 Å². The summed E-state index contributed by atoms with van der Waals surface area (Å²) in [4.78, 5) is 22.3. The normalized spacial score (nSPS) is 19.3. The standard InChI is InChI=1S/C13H20N4O2/c1-3-19-10-5-4-6-17(9-10)13(18)11-7-16-12(14-2)8-15-11/h7-8,10H,3-6,9H2,1-2H3,(H,14,16). The Labute approximate surface area is 113 Å². The van der Waals surface area contributed by atoms with Crippen LogP contribution in [0.3, 0.4) is 0 Å². The number of ether oxygens (including phenoxy) is 1. The number of hydrogen-bond donors (Lipinski definition) is 1. The number of hydrogen-bond acceptors (Lipinski definition) is 5. The molecule has 1 aliphatic rings. The molecule has 6 nitrogen and oxygen atoms in total. The van der Waals surface area contributed by atoms with Gasteiger partial charge < -0.3 is 15.0 Å². The number of anilines is 1. The highest BCUT2D eigenvalue weighted by Gasteiger charge is 2.25. The molecule has 0 saturated carbocycles. The number of carbonyl (C=O) groups is 1. The van der Waals surface area contributed by atoms with Crippen molar-refractivity contribution in [2.24, 2.45) is 0 Å². The first-order valence-electron chi connectivity index (χ1n) is 6.65. The number of nitrogens with zero attached hydrogens (tertiary/aromatic N) is 3. The maximum absolute atomic E-state index is 12.3. The summed E-state index contributed by atoms with van der Waals surface area (Å²) in [6.07, 6.45) is 5.21. The van der Waals surface area contributed by atoms with Crippen LogP contribution >= 0.6 is 0 Å². The quantitative estimate of drug-likeness (QED) is 0.884. The van der Waals surface area contributed by atoms with Crippen LogP contribution in [0.5, 0.6) is 0 Å². The van der Waals surface area contributed by atoms with Crippen LogP contribution in [-0.2, 0) is 4.74 Å². The van der Waals surface area contributed by atoms with Crippen molar-refractivity contribution in [2.75, 3.05) is 32.1 Å². The SMILES string of the molecule is CCOC1CCCN(C(=O)c2cnc(NC)cn2)C1. The molecule has 0 aliphatic carbocycles. The van der Waals surface area contributed by atoms with Gasteiger partial charge in [0.1, 0.15) is 11.5 Å². The van der Waals surface area contributed by atoms with Crippen molar-refractivity contribution < 1.29 is 9.53 Å². The van der Waals surface area contributed by atoms with Crippen molar-refractivity contribution in [3.63, 3.8) is 0 Å². The molecule has 0 spiro atoms. The minimum absolute atomic E-state index is 0.0699. The van der Waals surface area contributed by atoms with Crippen molar-refractivity contribution in [1.29, 1.82) is 0 Å². The average molecular weight is 264 g/mol. The van der Waals surface area contributed by atoms with Crippen molar-refractivity contribution in [2.45, 2.75) is 25.9 Å². The lowest BCUT2D eigenvalue weighted by Gasteiger charge is -2.32. The Balaban J connectivity index is 2.01. The fraction of sp³-hybridized carbons (Fsp3) is 0.615. The molecule has 0 radical (unpaired) electrons. The van der Waals surface area contributed by atoms with Crippen LogP contribution in [0.4, 0.5) is 5.82 Å². The van der Waals surface area contributed by atoms with Crippen LogP contribution in [0.2, 0.25) is 0 Å².